The van der Waals surface area contributed by atoms with Gasteiger partial charge in [0.1, 0.15) is 23.1 Å². The van der Waals surface area contributed by atoms with Crippen LogP contribution in [0.2, 0.25) is 0 Å². The van der Waals surface area contributed by atoms with E-state index in [0.717, 1.165) is 20.5 Å². The van der Waals surface area contributed by atoms with E-state index in [9.17, 15) is 14.0 Å². The molecule has 5 nitrogen and oxygen atoms in total. The highest BCUT2D eigenvalue weighted by molar-refractivity contribution is 7.22. The number of fused-ring (bicyclic) bond motifs is 1. The Labute approximate surface area is 207 Å². The van der Waals surface area contributed by atoms with Crippen LogP contribution >= 0.6 is 11.3 Å². The number of halogens is 1. The van der Waals surface area contributed by atoms with Gasteiger partial charge in [0.25, 0.3) is 0 Å². The Kier molecular flexibility index (Phi) is 7.17. The molecule has 0 aliphatic heterocycles. The van der Waals surface area contributed by atoms with Gasteiger partial charge in [-0.2, -0.15) is 0 Å². The Hall–Kier alpha value is -3.71. The number of carbonyl (C=O) groups is 2. The molecule has 0 bridgehead atoms. The fourth-order valence-corrected chi connectivity index (χ4v) is 4.33. The van der Waals surface area contributed by atoms with Crippen LogP contribution in [0.4, 0.5) is 4.39 Å². The Morgan fingerprint density at radius 1 is 0.743 bits per heavy atom. The molecule has 3 aromatic carbocycles. The second-order valence-electron chi connectivity index (χ2n) is 8.65. The summed E-state index contributed by atoms with van der Waals surface area (Å²) in [6.45, 7) is 7.10. The largest absolute Gasteiger partial charge is 0.455 e. The number of esters is 2. The average molecular weight is 493 g/mol. The lowest BCUT2D eigenvalue weighted by Crippen LogP contribution is -2.14. The first kappa shape index (κ1) is 24.4. The molecule has 35 heavy (non-hydrogen) atoms. The molecule has 4 rings (SSSR count). The van der Waals surface area contributed by atoms with Crippen molar-refractivity contribution >= 4 is 33.4 Å². The summed E-state index contributed by atoms with van der Waals surface area (Å²) in [4.78, 5) is 24.7. The molecule has 7 heteroatoms. The highest BCUT2D eigenvalue weighted by Crippen LogP contribution is 2.47. The molecule has 4 aromatic rings. The average Bonchev–Trinajstić information content (AvgIpc) is 3.18. The smallest absolute Gasteiger partial charge is 0.313 e. The van der Waals surface area contributed by atoms with Gasteiger partial charge in [-0.1, -0.05) is 39.8 Å². The van der Waals surface area contributed by atoms with Gasteiger partial charge < -0.3 is 14.2 Å². The molecular weight excluding hydrogens is 467 g/mol. The predicted molar refractivity (Wildman–Crippen MR) is 135 cm³/mol. The lowest BCUT2D eigenvalue weighted by molar-refractivity contribution is -0.138. The van der Waals surface area contributed by atoms with E-state index in [4.69, 9.17) is 14.2 Å². The quantitative estimate of drug-likeness (QED) is 0.196. The standard InChI is InChI=1S/C28H25FO5S/c1-16(2)27(30)33-21-11-9-20(10-12-21)32-25-23-14-13-22(34-28(31)17(3)4)15-24(23)35-26(25)18-5-7-19(29)8-6-18/h5-17H,1-4H3. The third-order valence-corrected chi connectivity index (χ3v) is 6.33. The molecule has 0 amide bonds. The van der Waals surface area contributed by atoms with Crippen LogP contribution in [0, 0.1) is 17.7 Å². The van der Waals surface area contributed by atoms with Crippen molar-refractivity contribution in [3.05, 3.63) is 72.5 Å². The Morgan fingerprint density at radius 2 is 1.29 bits per heavy atom. The molecule has 0 aliphatic rings. The predicted octanol–water partition coefficient (Wildman–Crippen LogP) is 7.62. The Balaban J connectivity index is 1.70. The van der Waals surface area contributed by atoms with Crippen molar-refractivity contribution in [1.29, 1.82) is 0 Å². The maximum Gasteiger partial charge on any atom is 0.313 e. The van der Waals surface area contributed by atoms with Gasteiger partial charge in [0.05, 0.1) is 16.7 Å². The van der Waals surface area contributed by atoms with Crippen molar-refractivity contribution in [2.45, 2.75) is 27.7 Å². The SMILES string of the molecule is CC(C)C(=O)Oc1ccc(Oc2c(-c3ccc(F)cc3)sc3cc(OC(=O)C(C)C)ccc23)cc1. The number of ether oxygens (including phenoxy) is 3. The van der Waals surface area contributed by atoms with Crippen molar-refractivity contribution in [1.82, 2.24) is 0 Å². The van der Waals surface area contributed by atoms with Gasteiger partial charge in [-0.25, -0.2) is 4.39 Å². The molecule has 1 aromatic heterocycles. The zero-order chi connectivity index (χ0) is 25.1. The Bertz CT molecular complexity index is 1350. The zero-order valence-electron chi connectivity index (χ0n) is 19.8. The van der Waals surface area contributed by atoms with Gasteiger partial charge in [-0.15, -0.1) is 11.3 Å². The third-order valence-electron chi connectivity index (χ3n) is 5.15. The van der Waals surface area contributed by atoms with E-state index in [1.807, 2.05) is 6.07 Å². The van der Waals surface area contributed by atoms with Crippen molar-refractivity contribution in [3.8, 4) is 33.4 Å². The first-order valence-corrected chi connectivity index (χ1v) is 12.1. The van der Waals surface area contributed by atoms with E-state index in [-0.39, 0.29) is 29.6 Å². The fraction of sp³-hybridized carbons (Fsp3) is 0.214. The van der Waals surface area contributed by atoms with Crippen molar-refractivity contribution in [3.63, 3.8) is 0 Å². The minimum atomic E-state index is -0.327. The van der Waals surface area contributed by atoms with E-state index in [1.54, 1.807) is 76.2 Å². The first-order chi connectivity index (χ1) is 16.7. The monoisotopic (exact) mass is 492 g/mol. The molecule has 0 fully saturated rings. The Morgan fingerprint density at radius 3 is 1.89 bits per heavy atom. The number of rotatable bonds is 7. The van der Waals surface area contributed by atoms with Crippen molar-refractivity contribution in [2.24, 2.45) is 11.8 Å². The molecule has 0 unspecified atom stereocenters. The second-order valence-corrected chi connectivity index (χ2v) is 9.70. The third kappa shape index (κ3) is 5.69. The zero-order valence-corrected chi connectivity index (χ0v) is 20.6. The summed E-state index contributed by atoms with van der Waals surface area (Å²) in [5.41, 5.74) is 0.797. The van der Waals surface area contributed by atoms with Crippen LogP contribution < -0.4 is 14.2 Å². The minimum Gasteiger partial charge on any atom is -0.455 e. The van der Waals surface area contributed by atoms with Crippen LogP contribution in [-0.4, -0.2) is 11.9 Å². The molecular formula is C28H25FO5S. The maximum atomic E-state index is 13.6. The van der Waals surface area contributed by atoms with Crippen molar-refractivity contribution in [2.75, 3.05) is 0 Å². The molecule has 0 saturated carbocycles. The summed E-state index contributed by atoms with van der Waals surface area (Å²) < 4.78 is 31.5. The van der Waals surface area contributed by atoms with E-state index in [1.165, 1.54) is 23.5 Å². The fourth-order valence-electron chi connectivity index (χ4n) is 3.17. The van der Waals surface area contributed by atoms with Crippen LogP contribution in [0.15, 0.2) is 66.7 Å². The lowest BCUT2D eigenvalue weighted by atomic mass is 10.1. The lowest BCUT2D eigenvalue weighted by Gasteiger charge is -2.10. The molecule has 0 spiro atoms. The number of benzene rings is 3. The molecule has 0 atom stereocenters. The first-order valence-electron chi connectivity index (χ1n) is 11.2. The summed E-state index contributed by atoms with van der Waals surface area (Å²) >= 11 is 1.46. The minimum absolute atomic E-state index is 0.230. The highest BCUT2D eigenvalue weighted by atomic mass is 32.1. The van der Waals surface area contributed by atoms with Crippen LogP contribution in [0.1, 0.15) is 27.7 Å². The number of hydrogen-bond acceptors (Lipinski definition) is 6. The summed E-state index contributed by atoms with van der Waals surface area (Å²) in [5, 5.41) is 0.828. The molecule has 1 heterocycles. The summed E-state index contributed by atoms with van der Waals surface area (Å²) in [6.07, 6.45) is 0. The van der Waals surface area contributed by atoms with Gasteiger partial charge in [-0.05, 0) is 60.2 Å². The van der Waals surface area contributed by atoms with E-state index < -0.39 is 0 Å². The van der Waals surface area contributed by atoms with Crippen LogP contribution in [0.25, 0.3) is 20.5 Å². The van der Waals surface area contributed by atoms with Gasteiger partial charge in [0.2, 0.25) is 0 Å². The van der Waals surface area contributed by atoms with E-state index >= 15 is 0 Å². The topological polar surface area (TPSA) is 61.8 Å². The second kappa shape index (κ2) is 10.3. The highest BCUT2D eigenvalue weighted by Gasteiger charge is 2.19. The normalized spacial score (nSPS) is 11.2. The van der Waals surface area contributed by atoms with Gasteiger partial charge in [0.15, 0.2) is 5.75 Å². The number of hydrogen-bond donors (Lipinski definition) is 0. The molecule has 0 radical (unpaired) electrons. The van der Waals surface area contributed by atoms with E-state index in [0.29, 0.717) is 23.0 Å². The van der Waals surface area contributed by atoms with Gasteiger partial charge in [-0.3, -0.25) is 9.59 Å². The number of thiophene rings is 1. The van der Waals surface area contributed by atoms with Gasteiger partial charge in [0, 0.05) is 10.1 Å². The maximum absolute atomic E-state index is 13.6. The summed E-state index contributed by atoms with van der Waals surface area (Å²) in [7, 11) is 0. The van der Waals surface area contributed by atoms with Crippen molar-refractivity contribution < 1.29 is 28.2 Å². The van der Waals surface area contributed by atoms with Crippen LogP contribution in [-0.2, 0) is 9.59 Å². The summed E-state index contributed by atoms with van der Waals surface area (Å²) in [5.74, 6) is 0.610. The molecule has 0 aliphatic carbocycles. The molecule has 0 saturated heterocycles. The van der Waals surface area contributed by atoms with Crippen LogP contribution in [0.5, 0.6) is 23.0 Å². The van der Waals surface area contributed by atoms with Gasteiger partial charge >= 0.3 is 11.9 Å². The van der Waals surface area contributed by atoms with E-state index in [2.05, 4.69) is 0 Å². The molecule has 180 valence electrons. The number of carbonyl (C=O) groups excluding carboxylic acids is 2. The molecule has 0 N–H and O–H groups in total. The van der Waals surface area contributed by atoms with Crippen LogP contribution in [0.3, 0.4) is 0 Å². The summed E-state index contributed by atoms with van der Waals surface area (Å²) in [6, 6.07) is 18.3.